The number of carbonyl (C=O) groups excluding carboxylic acids is 1. The molecule has 0 aliphatic carbocycles. The summed E-state index contributed by atoms with van der Waals surface area (Å²) >= 11 is 0. The molecule has 3 nitrogen and oxygen atoms in total. The van der Waals surface area contributed by atoms with Gasteiger partial charge in [0.05, 0.1) is 6.04 Å². The van der Waals surface area contributed by atoms with Crippen molar-refractivity contribution in [2.24, 2.45) is 0 Å². The van der Waals surface area contributed by atoms with Crippen LogP contribution >= 0.6 is 12.4 Å². The van der Waals surface area contributed by atoms with Crippen LogP contribution in [0.2, 0.25) is 0 Å². The summed E-state index contributed by atoms with van der Waals surface area (Å²) in [6.07, 6.45) is 4.25. The third-order valence-electron chi connectivity index (χ3n) is 3.62. The van der Waals surface area contributed by atoms with Crippen molar-refractivity contribution in [1.82, 2.24) is 5.32 Å². The minimum Gasteiger partial charge on any atom is -0.325 e. The molecule has 1 aromatic carbocycles. The van der Waals surface area contributed by atoms with E-state index in [4.69, 9.17) is 0 Å². The average molecular weight is 283 g/mol. The van der Waals surface area contributed by atoms with Crippen molar-refractivity contribution < 1.29 is 4.79 Å². The Bertz CT molecular complexity index is 428. The third-order valence-corrected chi connectivity index (χ3v) is 3.62. The highest BCUT2D eigenvalue weighted by molar-refractivity contribution is 5.95. The number of carbonyl (C=O) groups is 1. The molecule has 106 valence electrons. The smallest absolute Gasteiger partial charge is 0.241 e. The van der Waals surface area contributed by atoms with Gasteiger partial charge in [0.1, 0.15) is 0 Å². The fourth-order valence-electron chi connectivity index (χ4n) is 2.44. The molecule has 1 amide bonds. The van der Waals surface area contributed by atoms with E-state index in [9.17, 15) is 4.79 Å². The van der Waals surface area contributed by atoms with Crippen LogP contribution < -0.4 is 10.6 Å². The largest absolute Gasteiger partial charge is 0.325 e. The normalized spacial score (nSPS) is 18.5. The van der Waals surface area contributed by atoms with Crippen LogP contribution in [0.1, 0.15) is 37.3 Å². The van der Waals surface area contributed by atoms with Gasteiger partial charge in [-0.15, -0.1) is 12.4 Å². The van der Waals surface area contributed by atoms with E-state index in [1.807, 2.05) is 6.07 Å². The van der Waals surface area contributed by atoms with Crippen molar-refractivity contribution in [2.45, 2.75) is 45.6 Å². The predicted molar refractivity (Wildman–Crippen MR) is 82.1 cm³/mol. The minimum absolute atomic E-state index is 0. The molecule has 1 atom stereocenters. The van der Waals surface area contributed by atoms with E-state index in [0.717, 1.165) is 31.5 Å². The second-order valence-corrected chi connectivity index (χ2v) is 4.99. The van der Waals surface area contributed by atoms with Crippen LogP contribution in [0.3, 0.4) is 0 Å². The molecule has 2 rings (SSSR count). The lowest BCUT2D eigenvalue weighted by Gasteiger charge is -2.22. The van der Waals surface area contributed by atoms with Crippen molar-refractivity contribution in [2.75, 3.05) is 11.9 Å². The molecule has 0 bridgehead atoms. The monoisotopic (exact) mass is 282 g/mol. The van der Waals surface area contributed by atoms with Crippen LogP contribution in [-0.4, -0.2) is 18.5 Å². The summed E-state index contributed by atoms with van der Waals surface area (Å²) in [5.41, 5.74) is 3.49. The molecule has 19 heavy (non-hydrogen) atoms. The first-order chi connectivity index (χ1) is 8.70. The highest BCUT2D eigenvalue weighted by atomic mass is 35.5. The van der Waals surface area contributed by atoms with Gasteiger partial charge in [0.15, 0.2) is 0 Å². The van der Waals surface area contributed by atoms with Gasteiger partial charge in [0, 0.05) is 5.69 Å². The van der Waals surface area contributed by atoms with Crippen molar-refractivity contribution in [3.8, 4) is 0 Å². The van der Waals surface area contributed by atoms with Crippen LogP contribution in [0, 0.1) is 6.92 Å². The molecule has 1 aliphatic rings. The lowest BCUT2D eigenvalue weighted by Crippen LogP contribution is -2.43. The Labute approximate surface area is 121 Å². The topological polar surface area (TPSA) is 41.1 Å². The summed E-state index contributed by atoms with van der Waals surface area (Å²) in [6.45, 7) is 5.19. The molecule has 0 saturated carbocycles. The number of hydrogen-bond acceptors (Lipinski definition) is 2. The van der Waals surface area contributed by atoms with Crippen molar-refractivity contribution in [1.29, 1.82) is 0 Å². The van der Waals surface area contributed by atoms with Crippen molar-refractivity contribution in [3.63, 3.8) is 0 Å². The van der Waals surface area contributed by atoms with E-state index < -0.39 is 0 Å². The van der Waals surface area contributed by atoms with E-state index in [0.29, 0.717) is 0 Å². The summed E-state index contributed by atoms with van der Waals surface area (Å²) in [4.78, 5) is 12.1. The van der Waals surface area contributed by atoms with E-state index in [-0.39, 0.29) is 24.4 Å². The van der Waals surface area contributed by atoms with Gasteiger partial charge in [0.2, 0.25) is 5.91 Å². The fourth-order valence-corrected chi connectivity index (χ4v) is 2.44. The number of nitrogens with one attached hydrogen (secondary N) is 2. The molecular weight excluding hydrogens is 260 g/mol. The highest BCUT2D eigenvalue weighted by Gasteiger charge is 2.20. The molecule has 1 saturated heterocycles. The zero-order chi connectivity index (χ0) is 13.0. The maximum atomic E-state index is 12.1. The maximum absolute atomic E-state index is 12.1. The minimum atomic E-state index is -0.0230. The van der Waals surface area contributed by atoms with E-state index in [1.54, 1.807) is 0 Å². The first-order valence-electron chi connectivity index (χ1n) is 6.84. The first-order valence-corrected chi connectivity index (χ1v) is 6.84. The summed E-state index contributed by atoms with van der Waals surface area (Å²) < 4.78 is 0. The summed E-state index contributed by atoms with van der Waals surface area (Å²) in [7, 11) is 0. The number of rotatable bonds is 3. The zero-order valence-corrected chi connectivity index (χ0v) is 12.5. The maximum Gasteiger partial charge on any atom is 0.241 e. The molecule has 2 N–H and O–H groups in total. The van der Waals surface area contributed by atoms with Gasteiger partial charge in [-0.1, -0.05) is 19.4 Å². The molecule has 1 aliphatic heterocycles. The zero-order valence-electron chi connectivity index (χ0n) is 11.7. The van der Waals surface area contributed by atoms with Gasteiger partial charge in [-0.25, -0.2) is 0 Å². The molecule has 0 radical (unpaired) electrons. The lowest BCUT2D eigenvalue weighted by molar-refractivity contribution is -0.118. The van der Waals surface area contributed by atoms with Gasteiger partial charge in [0.25, 0.3) is 0 Å². The average Bonchev–Trinajstić information content (AvgIpc) is 2.42. The summed E-state index contributed by atoms with van der Waals surface area (Å²) in [6, 6.07) is 6.11. The Morgan fingerprint density at radius 3 is 2.84 bits per heavy atom. The SMILES string of the molecule is CCc1cc(NC(=O)C2CCCCN2)ccc1C.Cl. The molecule has 4 heteroatoms. The Balaban J connectivity index is 0.00000180. The van der Waals surface area contributed by atoms with Gasteiger partial charge in [-0.3, -0.25) is 4.79 Å². The third kappa shape index (κ3) is 4.22. The Hall–Kier alpha value is -1.06. The van der Waals surface area contributed by atoms with Crippen molar-refractivity contribution in [3.05, 3.63) is 29.3 Å². The van der Waals surface area contributed by atoms with Gasteiger partial charge >= 0.3 is 0 Å². The number of amides is 1. The summed E-state index contributed by atoms with van der Waals surface area (Å²) in [5, 5.41) is 6.28. The van der Waals surface area contributed by atoms with E-state index >= 15 is 0 Å². The van der Waals surface area contributed by atoms with Gasteiger partial charge in [-0.2, -0.15) is 0 Å². The molecule has 0 spiro atoms. The van der Waals surface area contributed by atoms with Crippen LogP contribution in [0.4, 0.5) is 5.69 Å². The highest BCUT2D eigenvalue weighted by Crippen LogP contribution is 2.17. The summed E-state index contributed by atoms with van der Waals surface area (Å²) in [5.74, 6) is 0.0978. The van der Waals surface area contributed by atoms with Gasteiger partial charge in [-0.05, 0) is 56.0 Å². The molecule has 1 heterocycles. The number of halogens is 1. The van der Waals surface area contributed by atoms with Gasteiger partial charge < -0.3 is 10.6 Å². The Morgan fingerprint density at radius 1 is 1.42 bits per heavy atom. The second-order valence-electron chi connectivity index (χ2n) is 4.99. The number of benzene rings is 1. The first kappa shape index (κ1) is 16.0. The predicted octanol–water partition coefficient (Wildman–Crippen LogP) is 3.06. The molecule has 1 aromatic rings. The molecular formula is C15H23ClN2O. The van der Waals surface area contributed by atoms with Crippen LogP contribution in [0.25, 0.3) is 0 Å². The Kier molecular flexibility index (Phi) is 6.32. The van der Waals surface area contributed by atoms with E-state index in [2.05, 4.69) is 36.6 Å². The van der Waals surface area contributed by atoms with Crippen LogP contribution in [-0.2, 0) is 11.2 Å². The Morgan fingerprint density at radius 2 is 2.21 bits per heavy atom. The number of hydrogen-bond donors (Lipinski definition) is 2. The molecule has 1 unspecified atom stereocenters. The van der Waals surface area contributed by atoms with Crippen LogP contribution in [0.5, 0.6) is 0 Å². The second kappa shape index (κ2) is 7.51. The number of aryl methyl sites for hydroxylation is 2. The van der Waals surface area contributed by atoms with Crippen molar-refractivity contribution >= 4 is 24.0 Å². The standard InChI is InChI=1S/C15H22N2O.ClH/c1-3-12-10-13(8-7-11(12)2)17-15(18)14-6-4-5-9-16-14;/h7-8,10,14,16H,3-6,9H2,1-2H3,(H,17,18);1H. The van der Waals surface area contributed by atoms with Crippen LogP contribution in [0.15, 0.2) is 18.2 Å². The van der Waals surface area contributed by atoms with E-state index in [1.165, 1.54) is 17.5 Å². The number of piperidine rings is 1. The quantitative estimate of drug-likeness (QED) is 0.895. The fraction of sp³-hybridized carbons (Fsp3) is 0.533. The molecule has 1 fully saturated rings. The lowest BCUT2D eigenvalue weighted by atomic mass is 10.0. The molecule has 0 aromatic heterocycles. The number of anilines is 1.